The number of nitrogens with zero attached hydrogens (tertiary/aromatic N) is 3. The van der Waals surface area contributed by atoms with Crippen molar-refractivity contribution in [3.05, 3.63) is 63.0 Å². The first-order valence-electron chi connectivity index (χ1n) is 6.35. The Morgan fingerprint density at radius 2 is 1.57 bits per heavy atom. The Bertz CT molecular complexity index is 958. The maximum absolute atomic E-state index is 13.3. The van der Waals surface area contributed by atoms with E-state index in [9.17, 15) is 23.3 Å². The second kappa shape index (κ2) is 5.36. The van der Waals surface area contributed by atoms with Gasteiger partial charge in [-0.05, 0) is 0 Å². The third kappa shape index (κ3) is 2.58. The number of rotatable bonds is 2. The molecule has 0 N–H and O–H groups in total. The molecule has 0 bridgehead atoms. The number of fused-ring (bicyclic) bond motifs is 1. The number of benzene rings is 2. The molecule has 1 heterocycles. The van der Waals surface area contributed by atoms with E-state index in [4.69, 9.17) is 0 Å². The van der Waals surface area contributed by atoms with Gasteiger partial charge in [0.25, 0.3) is 0 Å². The third-order valence-corrected chi connectivity index (χ3v) is 4.08. The average molecular weight is 386 g/mol. The number of para-hydroxylation sites is 2. The van der Waals surface area contributed by atoms with E-state index >= 15 is 0 Å². The number of nitro groups is 1. The van der Waals surface area contributed by atoms with Crippen LogP contribution in [0, 0.1) is 14.4 Å². The normalized spacial score (nSPS) is 11.8. The number of halogens is 3. The molecule has 3 rings (SSSR count). The summed E-state index contributed by atoms with van der Waals surface area (Å²) in [7, 11) is 0. The summed E-state index contributed by atoms with van der Waals surface area (Å²) >= 11 is 2.44. The van der Waals surface area contributed by atoms with Gasteiger partial charge in [-0.25, -0.2) is 0 Å². The topological polar surface area (TPSA) is 53.0 Å². The monoisotopic (exact) mass is 387 g/mol. The predicted molar refractivity (Wildman–Crippen MR) is 78.2 cm³/mol. The molecule has 2 aromatic carbocycles. The van der Waals surface area contributed by atoms with Crippen molar-refractivity contribution >= 4 is 32.3 Å². The molecule has 0 atom stereocenters. The van der Waals surface area contributed by atoms with Crippen LogP contribution in [0.2, 0.25) is 0 Å². The summed E-state index contributed by atoms with van der Waals surface area (Å²) < 4.78 is 41.4. The fourth-order valence-corrected chi connectivity index (χ4v) is 3.22. The van der Waals surface area contributed by atoms with Gasteiger partial charge >= 0.3 is 134 Å². The van der Waals surface area contributed by atoms with Gasteiger partial charge in [-0.15, -0.1) is 0 Å². The Morgan fingerprint density at radius 1 is 1.00 bits per heavy atom. The zero-order valence-electron chi connectivity index (χ0n) is 11.3. The first-order valence-corrected chi connectivity index (χ1v) is 7.21. The second-order valence-corrected chi connectivity index (χ2v) is 5.45. The molecule has 0 saturated carbocycles. The first kappa shape index (κ1) is 15.5. The van der Waals surface area contributed by atoms with Gasteiger partial charge < -0.3 is 0 Å². The first-order chi connectivity index (χ1) is 10.8. The Hall–Kier alpha value is -2.38. The van der Waals surface area contributed by atoms with Crippen molar-refractivity contribution in [3.8, 4) is 5.69 Å². The Balaban J connectivity index is 2.32. The van der Waals surface area contributed by atoms with Gasteiger partial charge in [-0.2, -0.15) is 0 Å². The van der Waals surface area contributed by atoms with Crippen LogP contribution in [0.5, 0.6) is 0 Å². The summed E-state index contributed by atoms with van der Waals surface area (Å²) in [4.78, 5) is 10.1. The number of hydrogen-bond donors (Lipinski definition) is 0. The van der Waals surface area contributed by atoms with Crippen LogP contribution in [-0.4, -0.2) is 29.6 Å². The molecular weight excluding hydrogens is 378 g/mol. The molecule has 9 heteroatoms. The molecule has 0 fully saturated rings. The van der Waals surface area contributed by atoms with Gasteiger partial charge in [0.2, 0.25) is 0 Å². The van der Waals surface area contributed by atoms with Crippen LogP contribution in [0.3, 0.4) is 0 Å². The molecule has 0 saturated heterocycles. The van der Waals surface area contributed by atoms with E-state index in [1.807, 2.05) is 0 Å². The molecule has 0 aliphatic carbocycles. The van der Waals surface area contributed by atoms with Crippen LogP contribution in [-0.2, 0) is 6.30 Å². The van der Waals surface area contributed by atoms with Crippen molar-refractivity contribution in [3.63, 3.8) is 0 Å². The van der Waals surface area contributed by atoms with E-state index in [-0.39, 0.29) is 20.1 Å². The van der Waals surface area contributed by atoms with Crippen molar-refractivity contribution in [2.75, 3.05) is 0 Å². The molecule has 23 heavy (non-hydrogen) atoms. The van der Waals surface area contributed by atoms with Crippen molar-refractivity contribution in [2.45, 2.75) is 6.30 Å². The standard InChI is InChI=1S/C14H8F3N3O2Se/c15-14(16,17)19-12-4-2-1-3-11(12)18(13(19)23)9-5-7-10(8-6-9)20(21)22/h1-8H. The van der Waals surface area contributed by atoms with Crippen LogP contribution < -0.4 is 0 Å². The van der Waals surface area contributed by atoms with E-state index in [1.165, 1.54) is 41.0 Å². The van der Waals surface area contributed by atoms with Crippen molar-refractivity contribution in [1.82, 2.24) is 9.13 Å². The molecule has 0 unspecified atom stereocenters. The predicted octanol–water partition coefficient (Wildman–Crippen LogP) is 3.52. The summed E-state index contributed by atoms with van der Waals surface area (Å²) in [6.07, 6.45) is -4.59. The molecule has 0 radical (unpaired) electrons. The fraction of sp³-hybridized carbons (Fsp3) is 0.0714. The van der Waals surface area contributed by atoms with Crippen molar-refractivity contribution in [1.29, 1.82) is 0 Å². The summed E-state index contributed by atoms with van der Waals surface area (Å²) in [5.41, 5.74) is 0.596. The molecule has 0 aliphatic heterocycles. The second-order valence-electron chi connectivity index (χ2n) is 4.68. The minimum absolute atomic E-state index is 0.00731. The molecule has 0 amide bonds. The van der Waals surface area contributed by atoms with Gasteiger partial charge in [0.15, 0.2) is 0 Å². The fourth-order valence-electron chi connectivity index (χ4n) is 2.37. The van der Waals surface area contributed by atoms with Gasteiger partial charge in [-0.1, -0.05) is 0 Å². The molecule has 0 aliphatic rings. The van der Waals surface area contributed by atoms with Crippen LogP contribution >= 0.6 is 0 Å². The van der Waals surface area contributed by atoms with Crippen LogP contribution in [0.25, 0.3) is 16.7 Å². The molecule has 3 aromatic rings. The molecule has 1 aromatic heterocycles. The van der Waals surface area contributed by atoms with E-state index in [2.05, 4.69) is 15.6 Å². The zero-order valence-corrected chi connectivity index (χ0v) is 13.0. The van der Waals surface area contributed by atoms with E-state index in [1.54, 1.807) is 12.1 Å². The minimum atomic E-state index is -4.59. The average Bonchev–Trinajstić information content (AvgIpc) is 2.79. The van der Waals surface area contributed by atoms with Crippen LogP contribution in [0.15, 0.2) is 48.5 Å². The number of hydrogen-bond acceptors (Lipinski definition) is 2. The molecule has 0 spiro atoms. The number of alkyl halides is 3. The van der Waals surface area contributed by atoms with Gasteiger partial charge in [0.05, 0.1) is 0 Å². The van der Waals surface area contributed by atoms with E-state index in [0.29, 0.717) is 11.2 Å². The molecule has 118 valence electrons. The third-order valence-electron chi connectivity index (χ3n) is 3.32. The van der Waals surface area contributed by atoms with Crippen LogP contribution in [0.1, 0.15) is 0 Å². The summed E-state index contributed by atoms with van der Waals surface area (Å²) in [6, 6.07) is 11.4. The van der Waals surface area contributed by atoms with E-state index < -0.39 is 11.2 Å². The maximum atomic E-state index is 13.3. The quantitative estimate of drug-likeness (QED) is 0.385. The zero-order chi connectivity index (χ0) is 16.8. The SMILES string of the molecule is O=[N+]([O-])c1ccc(-n2c(=[Se])n(C(F)(F)F)c3ccccc32)cc1. The Kier molecular flexibility index (Phi) is 3.62. The summed E-state index contributed by atoms with van der Waals surface area (Å²) in [5, 5.41) is 10.7. The summed E-state index contributed by atoms with van der Waals surface area (Å²) in [5.74, 6) is 0. The van der Waals surface area contributed by atoms with Crippen molar-refractivity contribution in [2.24, 2.45) is 0 Å². The Morgan fingerprint density at radius 3 is 2.09 bits per heavy atom. The van der Waals surface area contributed by atoms with E-state index in [0.717, 1.165) is 0 Å². The molecule has 5 nitrogen and oxygen atoms in total. The Labute approximate surface area is 135 Å². The molecular formula is C14H8F3N3O2Se. The number of nitro benzene ring substituents is 1. The number of imidazole rings is 1. The van der Waals surface area contributed by atoms with Crippen LogP contribution in [0.4, 0.5) is 18.9 Å². The van der Waals surface area contributed by atoms with Gasteiger partial charge in [0.1, 0.15) is 0 Å². The number of aromatic nitrogens is 2. The van der Waals surface area contributed by atoms with Gasteiger partial charge in [0, 0.05) is 0 Å². The summed E-state index contributed by atoms with van der Waals surface area (Å²) in [6.45, 7) is 0. The number of non-ortho nitro benzene ring substituents is 1. The van der Waals surface area contributed by atoms with Crippen molar-refractivity contribution < 1.29 is 18.1 Å². The van der Waals surface area contributed by atoms with Gasteiger partial charge in [-0.3, -0.25) is 0 Å².